The number of hydrogen-bond donors (Lipinski definition) is 2. The number of nitrogens with one attached hydrogen (secondary N) is 1. The number of carboxylic acid groups (broad SMARTS) is 1. The average Bonchev–Trinajstić information content (AvgIpc) is 2.64. The minimum Gasteiger partial charge on any atom is -0.479 e. The quantitative estimate of drug-likeness (QED) is 0.683. The van der Waals surface area contributed by atoms with E-state index in [4.69, 9.17) is 21.4 Å². The van der Waals surface area contributed by atoms with E-state index in [0.717, 1.165) is 11.1 Å². The number of ether oxygens (including phenoxy) is 1. The van der Waals surface area contributed by atoms with Gasteiger partial charge < -0.3 is 15.2 Å². The van der Waals surface area contributed by atoms with Crippen LogP contribution in [0.3, 0.4) is 0 Å². The lowest BCUT2D eigenvalue weighted by atomic mass is 10.0. The number of carbonyl (C=O) groups is 2. The second kappa shape index (κ2) is 10.2. The molecule has 0 saturated carbocycles. The number of hydrogen-bond acceptors (Lipinski definition) is 4. The first-order chi connectivity index (χ1) is 12.5. The van der Waals surface area contributed by atoms with Gasteiger partial charge in [0.15, 0.2) is 6.10 Å². The summed E-state index contributed by atoms with van der Waals surface area (Å²) in [4.78, 5) is 23.0. The third kappa shape index (κ3) is 6.05. The van der Waals surface area contributed by atoms with Crippen molar-refractivity contribution in [3.63, 3.8) is 0 Å². The van der Waals surface area contributed by atoms with E-state index in [1.54, 1.807) is 0 Å². The Morgan fingerprint density at radius 3 is 2.31 bits per heavy atom. The van der Waals surface area contributed by atoms with Crippen molar-refractivity contribution in [1.82, 2.24) is 5.32 Å². The Morgan fingerprint density at radius 2 is 1.73 bits per heavy atom. The summed E-state index contributed by atoms with van der Waals surface area (Å²) >= 11 is 7.44. The van der Waals surface area contributed by atoms with Crippen molar-refractivity contribution >= 4 is 35.2 Å². The number of aliphatic carboxylic acids is 1. The van der Waals surface area contributed by atoms with Gasteiger partial charge in [-0.3, -0.25) is 4.79 Å². The molecule has 0 aromatic heterocycles. The first-order valence-corrected chi connectivity index (χ1v) is 9.38. The number of halogens is 1. The molecule has 0 aliphatic carbocycles. The van der Waals surface area contributed by atoms with Crippen LogP contribution in [0.2, 0.25) is 5.02 Å². The van der Waals surface area contributed by atoms with Gasteiger partial charge in [-0.25, -0.2) is 4.79 Å². The van der Waals surface area contributed by atoms with Gasteiger partial charge >= 0.3 is 5.97 Å². The van der Waals surface area contributed by atoms with E-state index >= 15 is 0 Å². The summed E-state index contributed by atoms with van der Waals surface area (Å²) in [5.41, 5.74) is 2.12. The highest BCUT2D eigenvalue weighted by molar-refractivity contribution is 8.00. The largest absolute Gasteiger partial charge is 0.479 e. The summed E-state index contributed by atoms with van der Waals surface area (Å²) in [5.74, 6) is -1.16. The molecule has 26 heavy (non-hydrogen) atoms. The zero-order valence-electron chi connectivity index (χ0n) is 14.2. The monoisotopic (exact) mass is 393 g/mol. The third-order valence-corrected chi connectivity index (χ3v) is 5.26. The van der Waals surface area contributed by atoms with E-state index in [-0.39, 0.29) is 23.5 Å². The smallest absolute Gasteiger partial charge is 0.334 e. The highest BCUT2D eigenvalue weighted by Gasteiger charge is 2.19. The highest BCUT2D eigenvalue weighted by Crippen LogP contribution is 2.35. The molecule has 0 aliphatic rings. The Bertz CT molecular complexity index is 724. The van der Waals surface area contributed by atoms with Crippen LogP contribution < -0.4 is 5.32 Å². The molecule has 0 bridgehead atoms. The zero-order chi connectivity index (χ0) is 18.9. The summed E-state index contributed by atoms with van der Waals surface area (Å²) < 4.78 is 4.80. The number of methoxy groups -OCH3 is 1. The molecule has 0 heterocycles. The summed E-state index contributed by atoms with van der Waals surface area (Å²) in [6.45, 7) is -0.0673. The second-order valence-electron chi connectivity index (χ2n) is 5.52. The number of carboxylic acids is 1. The molecule has 1 amide bonds. The van der Waals surface area contributed by atoms with Gasteiger partial charge in [-0.1, -0.05) is 54.1 Å². The van der Waals surface area contributed by atoms with Crippen LogP contribution in [0.4, 0.5) is 0 Å². The van der Waals surface area contributed by atoms with Crippen molar-refractivity contribution in [2.75, 3.05) is 19.4 Å². The lowest BCUT2D eigenvalue weighted by Gasteiger charge is -2.18. The molecule has 2 unspecified atom stereocenters. The van der Waals surface area contributed by atoms with Crippen LogP contribution in [0.25, 0.3) is 0 Å². The van der Waals surface area contributed by atoms with Crippen molar-refractivity contribution in [1.29, 1.82) is 0 Å². The third-order valence-electron chi connectivity index (χ3n) is 3.70. The fourth-order valence-corrected chi connectivity index (χ4v) is 3.58. The number of amides is 1. The van der Waals surface area contributed by atoms with Crippen molar-refractivity contribution < 1.29 is 19.4 Å². The normalized spacial score (nSPS) is 13.0. The van der Waals surface area contributed by atoms with Crippen LogP contribution in [-0.2, 0) is 14.3 Å². The molecule has 2 aromatic rings. The van der Waals surface area contributed by atoms with Crippen LogP contribution in [0.1, 0.15) is 16.4 Å². The molecular weight excluding hydrogens is 374 g/mol. The van der Waals surface area contributed by atoms with Gasteiger partial charge in [0.1, 0.15) is 0 Å². The van der Waals surface area contributed by atoms with E-state index in [1.165, 1.54) is 18.9 Å². The standard InChI is InChI=1S/C19H20ClNO4S/c1-25-16(19(23)24)11-21-17(22)12-26-18(13-5-3-2-4-6-13)14-7-9-15(20)10-8-14/h2-10,16,18H,11-12H2,1H3,(H,21,22)(H,23,24). The predicted octanol–water partition coefficient (Wildman–Crippen LogP) is 3.38. The van der Waals surface area contributed by atoms with Crippen LogP contribution in [-0.4, -0.2) is 42.5 Å². The van der Waals surface area contributed by atoms with E-state index < -0.39 is 12.1 Å². The van der Waals surface area contributed by atoms with Gasteiger partial charge in [0, 0.05) is 12.1 Å². The number of rotatable bonds is 9. The molecule has 0 fully saturated rings. The van der Waals surface area contributed by atoms with Crippen LogP contribution in [0.15, 0.2) is 54.6 Å². The first-order valence-electron chi connectivity index (χ1n) is 7.95. The lowest BCUT2D eigenvalue weighted by molar-refractivity contribution is -0.148. The number of carbonyl (C=O) groups excluding carboxylic acids is 1. The molecule has 7 heteroatoms. The fraction of sp³-hybridized carbons (Fsp3) is 0.263. The minimum atomic E-state index is -1.11. The Labute approximate surface area is 161 Å². The maximum atomic E-state index is 12.1. The molecule has 0 saturated heterocycles. The van der Waals surface area contributed by atoms with E-state index in [0.29, 0.717) is 5.02 Å². The Balaban J connectivity index is 2.02. The Morgan fingerprint density at radius 1 is 1.12 bits per heavy atom. The highest BCUT2D eigenvalue weighted by atomic mass is 35.5. The van der Waals surface area contributed by atoms with E-state index in [2.05, 4.69) is 5.32 Å². The van der Waals surface area contributed by atoms with Crippen LogP contribution in [0, 0.1) is 0 Å². The van der Waals surface area contributed by atoms with Crippen molar-refractivity contribution in [2.45, 2.75) is 11.4 Å². The summed E-state index contributed by atoms with van der Waals surface area (Å²) in [6, 6.07) is 17.4. The molecule has 0 radical (unpaired) electrons. The summed E-state index contributed by atoms with van der Waals surface area (Å²) in [5, 5.41) is 12.2. The summed E-state index contributed by atoms with van der Waals surface area (Å²) in [6.07, 6.45) is -1.05. The Hall–Kier alpha value is -2.02. The van der Waals surface area contributed by atoms with Crippen LogP contribution >= 0.6 is 23.4 Å². The van der Waals surface area contributed by atoms with Crippen LogP contribution in [0.5, 0.6) is 0 Å². The maximum Gasteiger partial charge on any atom is 0.334 e. The maximum absolute atomic E-state index is 12.1. The molecule has 2 rings (SSSR count). The Kier molecular flexibility index (Phi) is 7.97. The topological polar surface area (TPSA) is 75.6 Å². The molecule has 0 aliphatic heterocycles. The number of benzene rings is 2. The van der Waals surface area contributed by atoms with Gasteiger partial charge in [0.25, 0.3) is 0 Å². The minimum absolute atomic E-state index is 0.0306. The molecule has 0 spiro atoms. The SMILES string of the molecule is COC(CNC(=O)CSC(c1ccccc1)c1ccc(Cl)cc1)C(=O)O. The van der Waals surface area contributed by atoms with Gasteiger partial charge in [0.2, 0.25) is 5.91 Å². The van der Waals surface area contributed by atoms with Gasteiger partial charge in [0.05, 0.1) is 17.5 Å². The zero-order valence-corrected chi connectivity index (χ0v) is 15.8. The van der Waals surface area contributed by atoms with Gasteiger partial charge in [-0.15, -0.1) is 11.8 Å². The summed E-state index contributed by atoms with van der Waals surface area (Å²) in [7, 11) is 1.30. The van der Waals surface area contributed by atoms with Gasteiger partial charge in [-0.05, 0) is 23.3 Å². The molecule has 5 nitrogen and oxygen atoms in total. The molecule has 2 N–H and O–H groups in total. The average molecular weight is 394 g/mol. The van der Waals surface area contributed by atoms with Gasteiger partial charge in [-0.2, -0.15) is 0 Å². The first kappa shape index (κ1) is 20.3. The van der Waals surface area contributed by atoms with Crippen molar-refractivity contribution in [3.8, 4) is 0 Å². The number of thioether (sulfide) groups is 1. The molecule has 2 aromatic carbocycles. The lowest BCUT2D eigenvalue weighted by Crippen LogP contribution is -2.38. The second-order valence-corrected chi connectivity index (χ2v) is 7.05. The predicted molar refractivity (Wildman–Crippen MR) is 104 cm³/mol. The molecule has 2 atom stereocenters. The molecule has 138 valence electrons. The fourth-order valence-electron chi connectivity index (χ4n) is 2.34. The van der Waals surface area contributed by atoms with Crippen molar-refractivity contribution in [2.24, 2.45) is 0 Å². The van der Waals surface area contributed by atoms with E-state index in [9.17, 15) is 9.59 Å². The van der Waals surface area contributed by atoms with E-state index in [1.807, 2.05) is 54.6 Å². The molecular formula is C19H20ClNO4S. The van der Waals surface area contributed by atoms with Crippen molar-refractivity contribution in [3.05, 3.63) is 70.7 Å².